The Morgan fingerprint density at radius 1 is 1.54 bits per heavy atom. The largest absolute Gasteiger partial charge is 0.476 e. The van der Waals surface area contributed by atoms with Crippen LogP contribution in [0.1, 0.15) is 20.3 Å². The van der Waals surface area contributed by atoms with Crippen LogP contribution in [0.5, 0.6) is 0 Å². The van der Waals surface area contributed by atoms with Gasteiger partial charge in [-0.15, -0.1) is 0 Å². The summed E-state index contributed by atoms with van der Waals surface area (Å²) in [6.07, 6.45) is 0.160. The number of ether oxygens (including phenoxy) is 1. The molecule has 0 aliphatic carbocycles. The lowest BCUT2D eigenvalue weighted by Crippen LogP contribution is -2.28. The molecule has 74 valence electrons. The Balaban J connectivity index is 4.33. The van der Waals surface area contributed by atoms with Gasteiger partial charge in [-0.05, 0) is 13.3 Å². The van der Waals surface area contributed by atoms with Gasteiger partial charge in [0.15, 0.2) is 0 Å². The first-order valence-corrected chi connectivity index (χ1v) is 3.69. The van der Waals surface area contributed by atoms with E-state index in [0.29, 0.717) is 6.42 Å². The van der Waals surface area contributed by atoms with Crippen LogP contribution < -0.4 is 0 Å². The molecule has 0 radical (unpaired) electrons. The quantitative estimate of drug-likeness (QED) is 0.217. The molecule has 1 unspecified atom stereocenters. The van der Waals surface area contributed by atoms with E-state index in [-0.39, 0.29) is 0 Å². The Hall–Kier alpha value is -1.59. The van der Waals surface area contributed by atoms with Gasteiger partial charge in [0.05, 0.1) is 6.10 Å². The molecule has 0 rings (SSSR count). The predicted molar refractivity (Wildman–Crippen MR) is 42.7 cm³/mol. The van der Waals surface area contributed by atoms with Crippen molar-refractivity contribution in [3.05, 3.63) is 0 Å². The molecule has 0 aliphatic rings. The van der Waals surface area contributed by atoms with E-state index in [4.69, 9.17) is 10.3 Å². The average molecular weight is 189 g/mol. The molecule has 0 aromatic carbocycles. The maximum Gasteiger partial charge on any atom is 0.368 e. The Kier molecular flexibility index (Phi) is 4.50. The molecular weight excluding hydrogens is 178 g/mol. The van der Waals surface area contributed by atoms with Gasteiger partial charge in [-0.3, -0.25) is 0 Å². The standard InChI is InChI=1S/C7H11NO5/c1-3-4(2)13-7(11)5(8-12)6(9)10/h4,12H,3H2,1-2H3,(H,9,10). The number of carboxylic acid groups (broad SMARTS) is 1. The van der Waals surface area contributed by atoms with Crippen molar-refractivity contribution in [1.29, 1.82) is 0 Å². The predicted octanol–water partition coefficient (Wildman–Crippen LogP) is 0.243. The van der Waals surface area contributed by atoms with E-state index in [1.54, 1.807) is 13.8 Å². The zero-order chi connectivity index (χ0) is 10.4. The molecule has 0 fully saturated rings. The Bertz CT molecular complexity index is 235. The second kappa shape index (κ2) is 5.13. The summed E-state index contributed by atoms with van der Waals surface area (Å²) in [6, 6.07) is 0. The number of hydrogen-bond donors (Lipinski definition) is 2. The first kappa shape index (κ1) is 11.4. The summed E-state index contributed by atoms with van der Waals surface area (Å²) in [5.41, 5.74) is -1.01. The summed E-state index contributed by atoms with van der Waals surface area (Å²) >= 11 is 0. The molecule has 0 saturated carbocycles. The zero-order valence-corrected chi connectivity index (χ0v) is 7.35. The second-order valence-corrected chi connectivity index (χ2v) is 2.38. The van der Waals surface area contributed by atoms with Crippen molar-refractivity contribution in [3.8, 4) is 0 Å². The van der Waals surface area contributed by atoms with Crippen molar-refractivity contribution in [2.75, 3.05) is 0 Å². The van der Waals surface area contributed by atoms with Crippen LogP contribution in [-0.4, -0.2) is 34.1 Å². The number of carbonyl (C=O) groups excluding carboxylic acids is 1. The molecule has 6 heteroatoms. The number of oxime groups is 1. The van der Waals surface area contributed by atoms with Gasteiger partial charge in [-0.2, -0.15) is 0 Å². The molecule has 0 saturated heterocycles. The van der Waals surface area contributed by atoms with Gasteiger partial charge in [0.25, 0.3) is 5.71 Å². The van der Waals surface area contributed by atoms with Crippen LogP contribution in [0.2, 0.25) is 0 Å². The zero-order valence-electron chi connectivity index (χ0n) is 7.35. The molecule has 6 nitrogen and oxygen atoms in total. The van der Waals surface area contributed by atoms with E-state index >= 15 is 0 Å². The lowest BCUT2D eigenvalue weighted by molar-refractivity contribution is -0.142. The maximum absolute atomic E-state index is 10.9. The molecule has 0 aromatic rings. The summed E-state index contributed by atoms with van der Waals surface area (Å²) < 4.78 is 4.60. The van der Waals surface area contributed by atoms with E-state index in [2.05, 4.69) is 9.89 Å². The number of nitrogens with zero attached hydrogens (tertiary/aromatic N) is 1. The highest BCUT2D eigenvalue weighted by Crippen LogP contribution is 1.97. The van der Waals surface area contributed by atoms with Crippen molar-refractivity contribution in [1.82, 2.24) is 0 Å². The summed E-state index contributed by atoms with van der Waals surface area (Å²) in [7, 11) is 0. The van der Waals surface area contributed by atoms with E-state index in [9.17, 15) is 9.59 Å². The normalized spacial score (nSPS) is 13.5. The van der Waals surface area contributed by atoms with Crippen molar-refractivity contribution in [3.63, 3.8) is 0 Å². The number of hydrogen-bond acceptors (Lipinski definition) is 5. The number of rotatable bonds is 4. The average Bonchev–Trinajstić information content (AvgIpc) is 2.04. The first-order chi connectivity index (χ1) is 6.02. The molecule has 0 bridgehead atoms. The first-order valence-electron chi connectivity index (χ1n) is 3.69. The third kappa shape index (κ3) is 3.55. The SMILES string of the molecule is CCC(C)OC(=O)C(=NO)C(=O)O. The van der Waals surface area contributed by atoms with Crippen LogP contribution in [0.4, 0.5) is 0 Å². The minimum Gasteiger partial charge on any atom is -0.476 e. The molecule has 0 aromatic heterocycles. The van der Waals surface area contributed by atoms with E-state index < -0.39 is 23.8 Å². The molecule has 13 heavy (non-hydrogen) atoms. The molecule has 0 spiro atoms. The fourth-order valence-electron chi connectivity index (χ4n) is 0.493. The minimum absolute atomic E-state index is 0.399. The van der Waals surface area contributed by atoms with E-state index in [0.717, 1.165) is 0 Å². The molecule has 2 N–H and O–H groups in total. The van der Waals surface area contributed by atoms with Crippen molar-refractivity contribution in [2.24, 2.45) is 5.16 Å². The number of carbonyl (C=O) groups is 2. The maximum atomic E-state index is 10.9. The Morgan fingerprint density at radius 2 is 2.08 bits per heavy atom. The third-order valence-electron chi connectivity index (χ3n) is 1.38. The molecule has 0 heterocycles. The van der Waals surface area contributed by atoms with Crippen LogP contribution in [-0.2, 0) is 14.3 Å². The fraction of sp³-hybridized carbons (Fsp3) is 0.571. The van der Waals surface area contributed by atoms with Gasteiger partial charge in [0, 0.05) is 0 Å². The van der Waals surface area contributed by atoms with Gasteiger partial charge in [0.1, 0.15) is 0 Å². The van der Waals surface area contributed by atoms with Gasteiger partial charge in [-0.25, -0.2) is 9.59 Å². The summed E-state index contributed by atoms with van der Waals surface area (Å²) in [6.45, 7) is 3.38. The molecule has 1 atom stereocenters. The second-order valence-electron chi connectivity index (χ2n) is 2.38. The third-order valence-corrected chi connectivity index (χ3v) is 1.38. The van der Waals surface area contributed by atoms with Crippen LogP contribution >= 0.6 is 0 Å². The lowest BCUT2D eigenvalue weighted by Gasteiger charge is -2.09. The topological polar surface area (TPSA) is 96.2 Å². The smallest absolute Gasteiger partial charge is 0.368 e. The number of esters is 1. The van der Waals surface area contributed by atoms with Gasteiger partial charge >= 0.3 is 11.9 Å². The minimum atomic E-state index is -1.61. The van der Waals surface area contributed by atoms with Gasteiger partial charge in [0.2, 0.25) is 0 Å². The van der Waals surface area contributed by atoms with Crippen LogP contribution in [0.25, 0.3) is 0 Å². The highest BCUT2D eigenvalue weighted by atomic mass is 16.5. The Morgan fingerprint density at radius 3 is 2.38 bits per heavy atom. The lowest BCUT2D eigenvalue weighted by atomic mass is 10.3. The van der Waals surface area contributed by atoms with Crippen molar-refractivity contribution >= 4 is 17.7 Å². The molecule has 0 amide bonds. The molecular formula is C7H11NO5. The number of aliphatic carboxylic acids is 1. The van der Waals surface area contributed by atoms with Gasteiger partial charge in [-0.1, -0.05) is 12.1 Å². The van der Waals surface area contributed by atoms with Crippen LogP contribution in [0, 0.1) is 0 Å². The van der Waals surface area contributed by atoms with Crippen LogP contribution in [0.15, 0.2) is 5.16 Å². The van der Waals surface area contributed by atoms with Crippen LogP contribution in [0.3, 0.4) is 0 Å². The molecule has 0 aliphatic heterocycles. The van der Waals surface area contributed by atoms with E-state index in [1.807, 2.05) is 0 Å². The van der Waals surface area contributed by atoms with Crippen molar-refractivity contribution < 1.29 is 24.6 Å². The monoisotopic (exact) mass is 189 g/mol. The highest BCUT2D eigenvalue weighted by molar-refractivity contribution is 6.62. The summed E-state index contributed by atoms with van der Waals surface area (Å²) in [4.78, 5) is 21.1. The summed E-state index contributed by atoms with van der Waals surface area (Å²) in [5.74, 6) is -2.75. The summed E-state index contributed by atoms with van der Waals surface area (Å²) in [5, 5.41) is 18.8. The van der Waals surface area contributed by atoms with E-state index in [1.165, 1.54) is 0 Å². The highest BCUT2D eigenvalue weighted by Gasteiger charge is 2.23. The van der Waals surface area contributed by atoms with Crippen molar-refractivity contribution in [2.45, 2.75) is 26.4 Å². The van der Waals surface area contributed by atoms with Gasteiger partial charge < -0.3 is 15.1 Å². The fourth-order valence-corrected chi connectivity index (χ4v) is 0.493. The number of carboxylic acids is 1. The Labute approximate surface area is 74.8 Å².